The predicted molar refractivity (Wildman–Crippen MR) is 67.5 cm³/mol. The Morgan fingerprint density at radius 1 is 1.44 bits per heavy atom. The molecule has 0 fully saturated rings. The molecule has 0 spiro atoms. The lowest BCUT2D eigenvalue weighted by molar-refractivity contribution is 0.0367. The van der Waals surface area contributed by atoms with E-state index < -0.39 is 11.5 Å². The summed E-state index contributed by atoms with van der Waals surface area (Å²) in [5.41, 5.74) is 3.09. The van der Waals surface area contributed by atoms with Gasteiger partial charge in [0.05, 0.1) is 17.9 Å². The molecule has 0 bridgehead atoms. The van der Waals surface area contributed by atoms with Crippen LogP contribution in [0.5, 0.6) is 0 Å². The molecule has 1 heterocycles. The number of rotatable bonds is 0. The Balaban J connectivity index is 2.25. The molecule has 0 saturated carbocycles. The molecule has 0 saturated heterocycles. The Bertz CT molecular complexity index is 564. The first kappa shape index (κ1) is 11.7. The second-order valence-electron chi connectivity index (χ2n) is 5.85. The van der Waals surface area contributed by atoms with E-state index in [0.29, 0.717) is 6.42 Å². The zero-order valence-corrected chi connectivity index (χ0v) is 11.0. The molecule has 1 N–H and O–H groups in total. The largest absolute Gasteiger partial charge is 0.468 e. The fraction of sp³-hybridized carbons (Fsp3) is 0.533. The van der Waals surface area contributed by atoms with E-state index in [1.54, 1.807) is 6.26 Å². The number of fused-ring (bicyclic) bond motifs is 2. The van der Waals surface area contributed by atoms with Crippen molar-refractivity contribution in [3.63, 3.8) is 0 Å². The molecular weight excluding hydrogens is 228 g/mol. The van der Waals surface area contributed by atoms with Crippen LogP contribution in [0.2, 0.25) is 0 Å². The first-order valence-electron chi connectivity index (χ1n) is 6.45. The maximum Gasteiger partial charge on any atom is 0.193 e. The van der Waals surface area contributed by atoms with Crippen molar-refractivity contribution in [2.24, 2.45) is 5.41 Å². The van der Waals surface area contributed by atoms with Crippen LogP contribution in [-0.2, 0) is 6.42 Å². The van der Waals surface area contributed by atoms with Gasteiger partial charge in [0.1, 0.15) is 5.76 Å². The van der Waals surface area contributed by atoms with Crippen LogP contribution in [-0.4, -0.2) is 17.0 Å². The molecule has 1 aromatic rings. The summed E-state index contributed by atoms with van der Waals surface area (Å²) in [5, 5.41) is 10.3. The highest BCUT2D eigenvalue weighted by atomic mass is 16.3. The second kappa shape index (κ2) is 3.58. The van der Waals surface area contributed by atoms with E-state index in [1.807, 2.05) is 20.8 Å². The quantitative estimate of drug-likeness (QED) is 0.765. The highest BCUT2D eigenvalue weighted by Crippen LogP contribution is 2.49. The Hall–Kier alpha value is -1.35. The number of ketones is 1. The van der Waals surface area contributed by atoms with E-state index in [1.165, 1.54) is 0 Å². The molecular formula is C15H18O3. The molecule has 0 radical (unpaired) electrons. The maximum absolute atomic E-state index is 12.7. The van der Waals surface area contributed by atoms with Gasteiger partial charge in [-0.3, -0.25) is 4.79 Å². The number of hydrogen-bond donors (Lipinski definition) is 1. The highest BCUT2D eigenvalue weighted by molar-refractivity contribution is 6.13. The van der Waals surface area contributed by atoms with E-state index >= 15 is 0 Å². The normalized spacial score (nSPS) is 31.3. The van der Waals surface area contributed by atoms with E-state index in [9.17, 15) is 9.90 Å². The molecule has 2 aliphatic rings. The lowest BCUT2D eigenvalue weighted by Gasteiger charge is -2.43. The fourth-order valence-electron chi connectivity index (χ4n) is 3.50. The van der Waals surface area contributed by atoms with Crippen LogP contribution in [0.3, 0.4) is 0 Å². The zero-order valence-electron chi connectivity index (χ0n) is 11.0. The molecule has 0 aliphatic heterocycles. The lowest BCUT2D eigenvalue weighted by Crippen LogP contribution is -2.45. The predicted octanol–water partition coefficient (Wildman–Crippen LogP) is 2.80. The molecule has 18 heavy (non-hydrogen) atoms. The topological polar surface area (TPSA) is 50.4 Å². The van der Waals surface area contributed by atoms with Gasteiger partial charge in [-0.25, -0.2) is 0 Å². The molecule has 96 valence electrons. The molecule has 2 aliphatic carbocycles. The maximum atomic E-state index is 12.7. The average Bonchev–Trinajstić information content (AvgIpc) is 2.66. The highest BCUT2D eigenvalue weighted by Gasteiger charge is 2.49. The van der Waals surface area contributed by atoms with Crippen molar-refractivity contribution in [3.8, 4) is 0 Å². The number of hydrogen-bond acceptors (Lipinski definition) is 3. The smallest absolute Gasteiger partial charge is 0.193 e. The third kappa shape index (κ3) is 1.31. The number of furan rings is 1. The van der Waals surface area contributed by atoms with E-state index in [0.717, 1.165) is 40.9 Å². The minimum absolute atomic E-state index is 0.0567. The number of carbonyl (C=O) groups is 1. The Morgan fingerprint density at radius 2 is 2.17 bits per heavy atom. The van der Waals surface area contributed by atoms with Crippen molar-refractivity contribution in [3.05, 3.63) is 34.3 Å². The number of aliphatic hydroxyl groups excluding tert-OH is 1. The minimum atomic E-state index is -0.475. The van der Waals surface area contributed by atoms with Gasteiger partial charge in [0.15, 0.2) is 5.78 Å². The molecule has 2 atom stereocenters. The average molecular weight is 246 g/mol. The lowest BCUT2D eigenvalue weighted by atomic mass is 9.62. The van der Waals surface area contributed by atoms with Crippen molar-refractivity contribution in [2.45, 2.75) is 46.1 Å². The van der Waals surface area contributed by atoms with Crippen LogP contribution in [0, 0.1) is 12.3 Å². The van der Waals surface area contributed by atoms with Crippen molar-refractivity contribution in [2.75, 3.05) is 0 Å². The summed E-state index contributed by atoms with van der Waals surface area (Å²) in [4.78, 5) is 12.7. The van der Waals surface area contributed by atoms with Crippen LogP contribution >= 0.6 is 0 Å². The standard InChI is InChI=1S/C15H18O3/c1-8-4-5-11(16)15(3)6-10-12(9(2)7-18-10)14(17)13(8)15/h7,11,16H,4-6H2,1-3H3. The summed E-state index contributed by atoms with van der Waals surface area (Å²) >= 11 is 0. The van der Waals surface area contributed by atoms with Crippen LogP contribution in [0.15, 0.2) is 21.8 Å². The summed E-state index contributed by atoms with van der Waals surface area (Å²) in [7, 11) is 0. The summed E-state index contributed by atoms with van der Waals surface area (Å²) in [6.45, 7) is 5.89. The Kier molecular flexibility index (Phi) is 2.33. The van der Waals surface area contributed by atoms with Crippen molar-refractivity contribution >= 4 is 5.78 Å². The molecule has 0 aromatic carbocycles. The number of Topliss-reactive ketones (excluding diaryl/α,β-unsaturated/α-hetero) is 1. The molecule has 1 aromatic heterocycles. The van der Waals surface area contributed by atoms with Gasteiger partial charge in [-0.05, 0) is 32.3 Å². The molecule has 3 rings (SSSR count). The summed E-state index contributed by atoms with van der Waals surface area (Å²) in [6, 6.07) is 0. The van der Waals surface area contributed by atoms with Crippen molar-refractivity contribution in [1.29, 1.82) is 0 Å². The van der Waals surface area contributed by atoms with Gasteiger partial charge in [0.2, 0.25) is 0 Å². The number of carbonyl (C=O) groups excluding carboxylic acids is 1. The van der Waals surface area contributed by atoms with Crippen LogP contribution < -0.4 is 0 Å². The van der Waals surface area contributed by atoms with Gasteiger partial charge in [0, 0.05) is 17.4 Å². The van der Waals surface area contributed by atoms with Crippen LogP contribution in [0.4, 0.5) is 0 Å². The van der Waals surface area contributed by atoms with Gasteiger partial charge in [0.25, 0.3) is 0 Å². The molecule has 3 heteroatoms. The number of allylic oxidation sites excluding steroid dienone is 1. The molecule has 2 unspecified atom stereocenters. The number of aliphatic hydroxyl groups is 1. The van der Waals surface area contributed by atoms with E-state index in [-0.39, 0.29) is 5.78 Å². The third-order valence-electron chi connectivity index (χ3n) is 4.56. The van der Waals surface area contributed by atoms with Crippen molar-refractivity contribution < 1.29 is 14.3 Å². The summed E-state index contributed by atoms with van der Waals surface area (Å²) < 4.78 is 5.50. The van der Waals surface area contributed by atoms with E-state index in [4.69, 9.17) is 4.42 Å². The van der Waals surface area contributed by atoms with Crippen molar-refractivity contribution in [1.82, 2.24) is 0 Å². The Morgan fingerprint density at radius 3 is 2.89 bits per heavy atom. The summed E-state index contributed by atoms with van der Waals surface area (Å²) in [5.74, 6) is 0.791. The fourth-order valence-corrected chi connectivity index (χ4v) is 3.50. The van der Waals surface area contributed by atoms with Crippen LogP contribution in [0.1, 0.15) is 48.4 Å². The SMILES string of the molecule is CC1=C2C(=O)c3c(C)coc3CC2(C)C(O)CC1. The third-order valence-corrected chi connectivity index (χ3v) is 4.56. The first-order chi connectivity index (χ1) is 8.45. The van der Waals surface area contributed by atoms with Gasteiger partial charge >= 0.3 is 0 Å². The zero-order chi connectivity index (χ0) is 13.1. The monoisotopic (exact) mass is 246 g/mol. The van der Waals surface area contributed by atoms with Crippen LogP contribution in [0.25, 0.3) is 0 Å². The molecule has 0 amide bonds. The molecule has 3 nitrogen and oxygen atoms in total. The van der Waals surface area contributed by atoms with Gasteiger partial charge in [-0.2, -0.15) is 0 Å². The summed E-state index contributed by atoms with van der Waals surface area (Å²) in [6.07, 6.45) is 3.35. The first-order valence-corrected chi connectivity index (χ1v) is 6.45. The number of aryl methyl sites for hydroxylation is 1. The van der Waals surface area contributed by atoms with Gasteiger partial charge < -0.3 is 9.52 Å². The van der Waals surface area contributed by atoms with Gasteiger partial charge in [-0.15, -0.1) is 0 Å². The Labute approximate surface area is 106 Å². The second-order valence-corrected chi connectivity index (χ2v) is 5.85. The minimum Gasteiger partial charge on any atom is -0.468 e. The van der Waals surface area contributed by atoms with E-state index in [2.05, 4.69) is 0 Å². The van der Waals surface area contributed by atoms with Gasteiger partial charge in [-0.1, -0.05) is 12.5 Å².